The molecule has 1 fully saturated rings. The number of hydrogen-bond acceptors (Lipinski definition) is 2. The van der Waals surface area contributed by atoms with Crippen molar-refractivity contribution in [1.29, 1.82) is 0 Å². The molecule has 1 aromatic rings. The fraction of sp³-hybridized carbons (Fsp3) is 0.538. The van der Waals surface area contributed by atoms with Crippen LogP contribution in [0.4, 0.5) is 5.69 Å². The van der Waals surface area contributed by atoms with Gasteiger partial charge in [0.05, 0.1) is 5.69 Å². The summed E-state index contributed by atoms with van der Waals surface area (Å²) in [6.07, 6.45) is 0. The topological polar surface area (TPSA) is 15.3 Å². The summed E-state index contributed by atoms with van der Waals surface area (Å²) in [6, 6.07) is 6.94. The van der Waals surface area contributed by atoms with Crippen molar-refractivity contribution in [1.82, 2.24) is 5.32 Å². The van der Waals surface area contributed by atoms with E-state index < -0.39 is 0 Å². The van der Waals surface area contributed by atoms with Crippen LogP contribution in [-0.2, 0) is 0 Å². The second-order valence-electron chi connectivity index (χ2n) is 4.80. The van der Waals surface area contributed by atoms with E-state index in [9.17, 15) is 0 Å². The standard InChI is InChI=1S/C13H18Br2N2/c1-9(2)13-8-16-5-6-17(13)12-7-10(14)3-4-11(12)15/h3-4,7,9,13,16H,5-6,8H2,1-2H3. The van der Waals surface area contributed by atoms with E-state index in [2.05, 4.69) is 74.1 Å². The number of benzene rings is 1. The van der Waals surface area contributed by atoms with Gasteiger partial charge in [0.1, 0.15) is 0 Å². The van der Waals surface area contributed by atoms with Crippen LogP contribution >= 0.6 is 31.9 Å². The molecule has 1 aromatic carbocycles. The summed E-state index contributed by atoms with van der Waals surface area (Å²) < 4.78 is 2.31. The molecule has 2 rings (SSSR count). The quantitative estimate of drug-likeness (QED) is 0.864. The van der Waals surface area contributed by atoms with Gasteiger partial charge in [0, 0.05) is 34.6 Å². The highest BCUT2D eigenvalue weighted by molar-refractivity contribution is 9.11. The van der Waals surface area contributed by atoms with Crippen molar-refractivity contribution in [3.05, 3.63) is 27.1 Å². The number of anilines is 1. The summed E-state index contributed by atoms with van der Waals surface area (Å²) in [5, 5.41) is 3.48. The molecule has 0 amide bonds. The van der Waals surface area contributed by atoms with Crippen LogP contribution in [0.2, 0.25) is 0 Å². The summed E-state index contributed by atoms with van der Waals surface area (Å²) >= 11 is 7.22. The van der Waals surface area contributed by atoms with Crippen molar-refractivity contribution in [3.8, 4) is 0 Å². The van der Waals surface area contributed by atoms with Crippen LogP contribution in [0.5, 0.6) is 0 Å². The predicted molar refractivity (Wildman–Crippen MR) is 80.7 cm³/mol. The number of hydrogen-bond donors (Lipinski definition) is 1. The average Bonchev–Trinajstić information content (AvgIpc) is 2.32. The zero-order valence-corrected chi connectivity index (χ0v) is 13.4. The van der Waals surface area contributed by atoms with Crippen LogP contribution in [0.25, 0.3) is 0 Å². The molecule has 1 aliphatic rings. The van der Waals surface area contributed by atoms with Crippen molar-refractivity contribution in [2.75, 3.05) is 24.5 Å². The van der Waals surface area contributed by atoms with Gasteiger partial charge in [-0.2, -0.15) is 0 Å². The average molecular weight is 362 g/mol. The van der Waals surface area contributed by atoms with Crippen molar-refractivity contribution >= 4 is 37.5 Å². The number of rotatable bonds is 2. The Morgan fingerprint density at radius 1 is 1.35 bits per heavy atom. The van der Waals surface area contributed by atoms with Gasteiger partial charge >= 0.3 is 0 Å². The van der Waals surface area contributed by atoms with Crippen molar-refractivity contribution in [3.63, 3.8) is 0 Å². The summed E-state index contributed by atoms with van der Waals surface area (Å²) in [5.41, 5.74) is 1.29. The molecule has 1 N–H and O–H groups in total. The first-order chi connectivity index (χ1) is 8.09. The minimum absolute atomic E-state index is 0.564. The number of piperazine rings is 1. The van der Waals surface area contributed by atoms with Crippen molar-refractivity contribution in [2.24, 2.45) is 5.92 Å². The molecular formula is C13H18Br2N2. The van der Waals surface area contributed by atoms with Gasteiger partial charge in [0.15, 0.2) is 0 Å². The van der Waals surface area contributed by atoms with Gasteiger partial charge in [-0.05, 0) is 40.0 Å². The lowest BCUT2D eigenvalue weighted by atomic mass is 10.00. The normalized spacial score (nSPS) is 21.0. The minimum Gasteiger partial charge on any atom is -0.365 e. The predicted octanol–water partition coefficient (Wildman–Crippen LogP) is 3.65. The second-order valence-corrected chi connectivity index (χ2v) is 6.57. The zero-order chi connectivity index (χ0) is 12.4. The highest BCUT2D eigenvalue weighted by Crippen LogP contribution is 2.32. The Bertz CT molecular complexity index is 393. The second kappa shape index (κ2) is 5.72. The number of nitrogens with one attached hydrogen (secondary N) is 1. The number of nitrogens with zero attached hydrogens (tertiary/aromatic N) is 1. The molecule has 0 bridgehead atoms. The molecule has 1 heterocycles. The van der Waals surface area contributed by atoms with Crippen LogP contribution < -0.4 is 10.2 Å². The Labute approximate surface area is 120 Å². The largest absolute Gasteiger partial charge is 0.365 e. The van der Waals surface area contributed by atoms with E-state index in [4.69, 9.17) is 0 Å². The third-order valence-corrected chi connectivity index (χ3v) is 4.43. The van der Waals surface area contributed by atoms with E-state index in [1.54, 1.807) is 0 Å². The Hall–Kier alpha value is -0.0600. The van der Waals surface area contributed by atoms with Gasteiger partial charge in [0.25, 0.3) is 0 Å². The van der Waals surface area contributed by atoms with Gasteiger partial charge in [-0.3, -0.25) is 0 Å². The van der Waals surface area contributed by atoms with Gasteiger partial charge in [0.2, 0.25) is 0 Å². The lowest BCUT2D eigenvalue weighted by Crippen LogP contribution is -2.53. The maximum Gasteiger partial charge on any atom is 0.0525 e. The third-order valence-electron chi connectivity index (χ3n) is 3.27. The zero-order valence-electron chi connectivity index (χ0n) is 10.2. The van der Waals surface area contributed by atoms with E-state index in [0.29, 0.717) is 12.0 Å². The molecular weight excluding hydrogens is 344 g/mol. The fourth-order valence-electron chi connectivity index (χ4n) is 2.33. The molecule has 2 nitrogen and oxygen atoms in total. The van der Waals surface area contributed by atoms with Crippen LogP contribution in [0, 0.1) is 5.92 Å². The summed E-state index contributed by atoms with van der Waals surface area (Å²) in [7, 11) is 0. The van der Waals surface area contributed by atoms with E-state index in [1.165, 1.54) is 10.2 Å². The molecule has 17 heavy (non-hydrogen) atoms. The van der Waals surface area contributed by atoms with Crippen molar-refractivity contribution in [2.45, 2.75) is 19.9 Å². The van der Waals surface area contributed by atoms with Crippen LogP contribution in [0.1, 0.15) is 13.8 Å². The van der Waals surface area contributed by atoms with Gasteiger partial charge < -0.3 is 10.2 Å². The molecule has 0 saturated carbocycles. The SMILES string of the molecule is CC(C)C1CNCCN1c1cc(Br)ccc1Br. The first kappa shape index (κ1) is 13.4. The molecule has 1 atom stereocenters. The molecule has 0 spiro atoms. The maximum absolute atomic E-state index is 3.66. The Balaban J connectivity index is 2.32. The molecule has 0 aromatic heterocycles. The highest BCUT2D eigenvalue weighted by Gasteiger charge is 2.26. The Kier molecular flexibility index (Phi) is 4.50. The summed E-state index contributed by atoms with van der Waals surface area (Å²) in [5.74, 6) is 0.647. The number of halogens is 2. The third kappa shape index (κ3) is 3.04. The monoisotopic (exact) mass is 360 g/mol. The molecule has 94 valence electrons. The molecule has 1 unspecified atom stereocenters. The summed E-state index contributed by atoms with van der Waals surface area (Å²) in [4.78, 5) is 2.51. The first-order valence-corrected chi connectivity index (χ1v) is 7.60. The molecule has 1 saturated heterocycles. The van der Waals surface area contributed by atoms with Crippen LogP contribution in [0.3, 0.4) is 0 Å². The van der Waals surface area contributed by atoms with E-state index >= 15 is 0 Å². The van der Waals surface area contributed by atoms with Crippen molar-refractivity contribution < 1.29 is 0 Å². The summed E-state index contributed by atoms with van der Waals surface area (Å²) in [6.45, 7) is 7.77. The van der Waals surface area contributed by atoms with Gasteiger partial charge in [-0.1, -0.05) is 29.8 Å². The maximum atomic E-state index is 3.66. The minimum atomic E-state index is 0.564. The van der Waals surface area contributed by atoms with Gasteiger partial charge in [-0.15, -0.1) is 0 Å². The molecule has 0 radical (unpaired) electrons. The Morgan fingerprint density at radius 2 is 2.12 bits per heavy atom. The van der Waals surface area contributed by atoms with E-state index in [1.807, 2.05) is 0 Å². The first-order valence-electron chi connectivity index (χ1n) is 6.02. The van der Waals surface area contributed by atoms with E-state index in [0.717, 1.165) is 24.1 Å². The molecule has 4 heteroatoms. The highest BCUT2D eigenvalue weighted by atomic mass is 79.9. The Morgan fingerprint density at radius 3 is 2.82 bits per heavy atom. The van der Waals surface area contributed by atoms with Crippen LogP contribution in [0.15, 0.2) is 27.1 Å². The fourth-order valence-corrected chi connectivity index (χ4v) is 3.15. The molecule has 1 aliphatic heterocycles. The van der Waals surface area contributed by atoms with E-state index in [-0.39, 0.29) is 0 Å². The van der Waals surface area contributed by atoms with Crippen LogP contribution in [-0.4, -0.2) is 25.7 Å². The lowest BCUT2D eigenvalue weighted by Gasteiger charge is -2.40. The lowest BCUT2D eigenvalue weighted by molar-refractivity contribution is 0.390. The smallest absolute Gasteiger partial charge is 0.0525 e. The molecule has 0 aliphatic carbocycles. The van der Waals surface area contributed by atoms with Gasteiger partial charge in [-0.25, -0.2) is 0 Å².